The van der Waals surface area contributed by atoms with Crippen LogP contribution in [0.4, 0.5) is 0 Å². The molecule has 0 aromatic heterocycles. The first kappa shape index (κ1) is 18.1. The van der Waals surface area contributed by atoms with Gasteiger partial charge in [-0.15, -0.1) is 0 Å². The highest BCUT2D eigenvalue weighted by molar-refractivity contribution is 5.78. The van der Waals surface area contributed by atoms with E-state index in [-0.39, 0.29) is 17.7 Å². The van der Waals surface area contributed by atoms with Gasteiger partial charge in [0.2, 0.25) is 11.8 Å². The van der Waals surface area contributed by atoms with Crippen LogP contribution in [-0.2, 0) is 11.2 Å². The smallest absolute Gasteiger partial charge is 0.220 e. The third-order valence-electron chi connectivity index (χ3n) is 4.77. The van der Waals surface area contributed by atoms with Crippen molar-refractivity contribution in [2.75, 3.05) is 19.6 Å². The van der Waals surface area contributed by atoms with Crippen LogP contribution >= 0.6 is 0 Å². The van der Waals surface area contributed by atoms with Crippen LogP contribution in [0.5, 0.6) is 5.75 Å². The van der Waals surface area contributed by atoms with Crippen molar-refractivity contribution in [3.05, 3.63) is 65.7 Å². The SMILES string of the molecule is N=C(CN1CCC(C(N)=O)CC1)Oc1ccc(Cc2ccccc2)cc1. The average molecular weight is 351 g/mol. The van der Waals surface area contributed by atoms with E-state index in [9.17, 15) is 4.79 Å². The summed E-state index contributed by atoms with van der Waals surface area (Å²) in [6.07, 6.45) is 2.40. The van der Waals surface area contributed by atoms with Crippen molar-refractivity contribution in [2.24, 2.45) is 11.7 Å². The predicted molar refractivity (Wildman–Crippen MR) is 102 cm³/mol. The van der Waals surface area contributed by atoms with E-state index in [4.69, 9.17) is 15.9 Å². The topological polar surface area (TPSA) is 79.4 Å². The van der Waals surface area contributed by atoms with E-state index in [1.165, 1.54) is 11.1 Å². The molecule has 136 valence electrons. The molecule has 0 atom stereocenters. The van der Waals surface area contributed by atoms with Gasteiger partial charge in [-0.3, -0.25) is 15.1 Å². The minimum atomic E-state index is -0.216. The number of nitrogens with two attached hydrogens (primary N) is 1. The minimum absolute atomic E-state index is 0.0292. The fourth-order valence-corrected chi connectivity index (χ4v) is 3.26. The van der Waals surface area contributed by atoms with Gasteiger partial charge in [-0.05, 0) is 55.6 Å². The molecule has 26 heavy (non-hydrogen) atoms. The Morgan fingerprint density at radius 2 is 1.65 bits per heavy atom. The summed E-state index contributed by atoms with van der Waals surface area (Å²) in [6.45, 7) is 2.00. The van der Waals surface area contributed by atoms with E-state index in [1.807, 2.05) is 42.5 Å². The van der Waals surface area contributed by atoms with Crippen LogP contribution < -0.4 is 10.5 Å². The van der Waals surface area contributed by atoms with Crippen molar-refractivity contribution >= 4 is 11.8 Å². The average Bonchev–Trinajstić information content (AvgIpc) is 2.64. The first-order chi connectivity index (χ1) is 12.6. The minimum Gasteiger partial charge on any atom is -0.442 e. The van der Waals surface area contributed by atoms with Gasteiger partial charge in [-0.2, -0.15) is 0 Å². The first-order valence-electron chi connectivity index (χ1n) is 9.00. The lowest BCUT2D eigenvalue weighted by atomic mass is 9.96. The molecule has 2 aromatic rings. The van der Waals surface area contributed by atoms with Crippen LogP contribution in [0.3, 0.4) is 0 Å². The number of hydrogen-bond acceptors (Lipinski definition) is 4. The molecule has 0 aliphatic carbocycles. The Balaban J connectivity index is 1.46. The largest absolute Gasteiger partial charge is 0.442 e. The Bertz CT molecular complexity index is 736. The summed E-state index contributed by atoms with van der Waals surface area (Å²) in [5.41, 5.74) is 7.84. The highest BCUT2D eigenvalue weighted by Crippen LogP contribution is 2.18. The highest BCUT2D eigenvalue weighted by Gasteiger charge is 2.23. The van der Waals surface area contributed by atoms with E-state index in [2.05, 4.69) is 17.0 Å². The maximum Gasteiger partial charge on any atom is 0.220 e. The summed E-state index contributed by atoms with van der Waals surface area (Å²) in [5, 5.41) is 8.07. The van der Waals surface area contributed by atoms with E-state index in [0.717, 1.165) is 32.4 Å². The molecule has 1 aliphatic heterocycles. The number of nitrogens with zero attached hydrogens (tertiary/aromatic N) is 1. The summed E-state index contributed by atoms with van der Waals surface area (Å²) in [6, 6.07) is 18.2. The number of rotatable bonds is 6. The molecule has 0 unspecified atom stereocenters. The van der Waals surface area contributed by atoms with Crippen molar-refractivity contribution in [2.45, 2.75) is 19.3 Å². The van der Waals surface area contributed by atoms with Crippen molar-refractivity contribution in [1.82, 2.24) is 4.90 Å². The molecule has 0 bridgehead atoms. The second-order valence-electron chi connectivity index (χ2n) is 6.78. The molecule has 0 spiro atoms. The maximum absolute atomic E-state index is 11.2. The predicted octanol–water partition coefficient (Wildman–Crippen LogP) is 2.83. The van der Waals surface area contributed by atoms with E-state index in [0.29, 0.717) is 12.3 Å². The molecule has 1 heterocycles. The molecular formula is C21H25N3O2. The Morgan fingerprint density at radius 3 is 2.27 bits per heavy atom. The van der Waals surface area contributed by atoms with Crippen molar-refractivity contribution in [3.63, 3.8) is 0 Å². The van der Waals surface area contributed by atoms with Crippen molar-refractivity contribution < 1.29 is 9.53 Å². The zero-order chi connectivity index (χ0) is 18.4. The number of piperidine rings is 1. The van der Waals surface area contributed by atoms with Gasteiger partial charge < -0.3 is 10.5 Å². The van der Waals surface area contributed by atoms with Gasteiger partial charge in [0.25, 0.3) is 0 Å². The number of nitrogens with one attached hydrogen (secondary N) is 1. The second-order valence-corrected chi connectivity index (χ2v) is 6.78. The standard InChI is InChI=1S/C21H25N3O2/c22-20(15-24-12-10-18(11-13-24)21(23)25)26-19-8-6-17(7-9-19)14-16-4-2-1-3-5-16/h1-9,18,22H,10-15H2,(H2,23,25). The van der Waals surface area contributed by atoms with Crippen LogP contribution in [0.25, 0.3) is 0 Å². The number of amides is 1. The Hall–Kier alpha value is -2.66. The third-order valence-corrected chi connectivity index (χ3v) is 4.77. The molecule has 5 heteroatoms. The number of carbonyl (C=O) groups excluding carboxylic acids is 1. The monoisotopic (exact) mass is 351 g/mol. The quantitative estimate of drug-likeness (QED) is 0.620. The highest BCUT2D eigenvalue weighted by atomic mass is 16.5. The Kier molecular flexibility index (Phi) is 6.02. The van der Waals surface area contributed by atoms with Crippen LogP contribution in [0.2, 0.25) is 0 Å². The van der Waals surface area contributed by atoms with Gasteiger partial charge in [0, 0.05) is 5.92 Å². The Labute approximate surface area is 154 Å². The molecule has 5 nitrogen and oxygen atoms in total. The number of hydrogen-bond donors (Lipinski definition) is 2. The number of ether oxygens (including phenoxy) is 1. The van der Waals surface area contributed by atoms with Crippen molar-refractivity contribution in [3.8, 4) is 5.75 Å². The zero-order valence-electron chi connectivity index (χ0n) is 14.9. The lowest BCUT2D eigenvalue weighted by molar-refractivity contribution is -0.123. The summed E-state index contributed by atoms with van der Waals surface area (Å²) < 4.78 is 5.65. The van der Waals surface area contributed by atoms with E-state index in [1.54, 1.807) is 0 Å². The number of likely N-dealkylation sites (tertiary alicyclic amines) is 1. The molecule has 3 rings (SSSR count). The second kappa shape index (κ2) is 8.63. The summed E-state index contributed by atoms with van der Waals surface area (Å²) in [7, 11) is 0. The molecule has 1 aliphatic rings. The number of carbonyl (C=O) groups is 1. The van der Waals surface area contributed by atoms with Crippen LogP contribution in [-0.4, -0.2) is 36.3 Å². The van der Waals surface area contributed by atoms with E-state index >= 15 is 0 Å². The lowest BCUT2D eigenvalue weighted by Crippen LogP contribution is -2.41. The molecule has 2 aromatic carbocycles. The lowest BCUT2D eigenvalue weighted by Gasteiger charge is -2.30. The molecule has 3 N–H and O–H groups in total. The van der Waals surface area contributed by atoms with Gasteiger partial charge in [0.15, 0.2) is 0 Å². The van der Waals surface area contributed by atoms with Gasteiger partial charge in [0.05, 0.1) is 6.54 Å². The van der Waals surface area contributed by atoms with Crippen LogP contribution in [0.1, 0.15) is 24.0 Å². The first-order valence-corrected chi connectivity index (χ1v) is 9.00. The molecule has 0 radical (unpaired) electrons. The number of benzene rings is 2. The van der Waals surface area contributed by atoms with Gasteiger partial charge >= 0.3 is 0 Å². The summed E-state index contributed by atoms with van der Waals surface area (Å²) >= 11 is 0. The fourth-order valence-electron chi connectivity index (χ4n) is 3.26. The zero-order valence-corrected chi connectivity index (χ0v) is 14.9. The maximum atomic E-state index is 11.2. The van der Waals surface area contributed by atoms with Crippen LogP contribution in [0, 0.1) is 11.3 Å². The Morgan fingerprint density at radius 1 is 1.04 bits per heavy atom. The molecular weight excluding hydrogens is 326 g/mol. The molecule has 1 fully saturated rings. The van der Waals surface area contributed by atoms with Gasteiger partial charge in [0.1, 0.15) is 5.75 Å². The van der Waals surface area contributed by atoms with Crippen molar-refractivity contribution in [1.29, 1.82) is 5.41 Å². The summed E-state index contributed by atoms with van der Waals surface area (Å²) in [5.74, 6) is 0.655. The van der Waals surface area contributed by atoms with E-state index < -0.39 is 0 Å². The molecule has 0 saturated carbocycles. The normalized spacial score (nSPS) is 15.5. The molecule has 1 saturated heterocycles. The van der Waals surface area contributed by atoms with Gasteiger partial charge in [-0.25, -0.2) is 0 Å². The third kappa shape index (κ3) is 5.17. The fraction of sp³-hybridized carbons (Fsp3) is 0.333. The van der Waals surface area contributed by atoms with Gasteiger partial charge in [-0.1, -0.05) is 42.5 Å². The van der Waals surface area contributed by atoms with Crippen LogP contribution in [0.15, 0.2) is 54.6 Å². The summed E-state index contributed by atoms with van der Waals surface area (Å²) in [4.78, 5) is 13.3. The number of primary amides is 1. The molecule has 1 amide bonds.